The lowest BCUT2D eigenvalue weighted by atomic mass is 9.96. The number of oxazole rings is 1. The molecule has 2 amide bonds. The average molecular weight is 437 g/mol. The van der Waals surface area contributed by atoms with Crippen LogP contribution in [0, 0.1) is 5.82 Å². The highest BCUT2D eigenvalue weighted by molar-refractivity contribution is 5.95. The first-order chi connectivity index (χ1) is 15.2. The molecule has 0 unspecified atom stereocenters. The normalized spacial score (nSPS) is 19.2. The highest BCUT2D eigenvalue weighted by atomic mass is 19.1. The molecule has 1 aromatic heterocycles. The summed E-state index contributed by atoms with van der Waals surface area (Å²) in [6, 6.07) is 11.1. The van der Waals surface area contributed by atoms with Gasteiger partial charge in [0.2, 0.25) is 5.89 Å². The van der Waals surface area contributed by atoms with E-state index in [4.69, 9.17) is 4.42 Å². The summed E-state index contributed by atoms with van der Waals surface area (Å²) < 4.78 is 19.0. The number of nitrogens with zero attached hydrogens (tertiary/aromatic N) is 3. The van der Waals surface area contributed by atoms with E-state index in [0.29, 0.717) is 60.6 Å². The quantitative estimate of drug-likeness (QED) is 0.680. The van der Waals surface area contributed by atoms with Crippen LogP contribution < -0.4 is 0 Å². The van der Waals surface area contributed by atoms with E-state index in [1.54, 1.807) is 40.1 Å². The molecule has 7 nitrogen and oxygen atoms in total. The Balaban J connectivity index is 1.32. The summed E-state index contributed by atoms with van der Waals surface area (Å²) in [6.07, 6.45) is 1.01. The molecule has 2 heterocycles. The zero-order valence-corrected chi connectivity index (χ0v) is 18.0. The van der Waals surface area contributed by atoms with Crippen LogP contribution >= 0.6 is 0 Å². The van der Waals surface area contributed by atoms with Crippen molar-refractivity contribution in [2.75, 3.05) is 19.6 Å². The van der Waals surface area contributed by atoms with Crippen molar-refractivity contribution in [2.45, 2.75) is 37.8 Å². The molecule has 2 aromatic carbocycles. The number of rotatable bonds is 3. The van der Waals surface area contributed by atoms with Gasteiger partial charge in [-0.3, -0.25) is 9.59 Å². The van der Waals surface area contributed by atoms with Crippen LogP contribution in [-0.2, 0) is 4.79 Å². The van der Waals surface area contributed by atoms with Crippen molar-refractivity contribution in [3.05, 3.63) is 53.8 Å². The smallest absolute Gasteiger partial charge is 0.254 e. The fourth-order valence-corrected chi connectivity index (χ4v) is 4.26. The molecule has 1 N–H and O–H groups in total. The zero-order chi connectivity index (χ0) is 22.7. The zero-order valence-electron chi connectivity index (χ0n) is 18.0. The molecule has 32 heavy (non-hydrogen) atoms. The molecule has 1 saturated carbocycles. The third-order valence-electron chi connectivity index (χ3n) is 6.29. The minimum Gasteiger partial charge on any atom is -0.436 e. The molecule has 5 rings (SSSR count). The SMILES string of the molecule is CC1(C)CN(C(=O)C2(O)CC2)CCN1C(=O)c1ccc(-c2nc3ccc(F)cc3o2)cc1. The molecular weight excluding hydrogens is 413 g/mol. The van der Waals surface area contributed by atoms with Gasteiger partial charge in [-0.15, -0.1) is 0 Å². The van der Waals surface area contributed by atoms with Crippen molar-refractivity contribution < 1.29 is 23.5 Å². The van der Waals surface area contributed by atoms with Crippen molar-refractivity contribution in [3.63, 3.8) is 0 Å². The van der Waals surface area contributed by atoms with Crippen molar-refractivity contribution in [2.24, 2.45) is 0 Å². The first kappa shape index (κ1) is 20.6. The Kier molecular flexibility index (Phi) is 4.60. The van der Waals surface area contributed by atoms with Crippen molar-refractivity contribution in [1.29, 1.82) is 0 Å². The van der Waals surface area contributed by atoms with Crippen LogP contribution in [0.5, 0.6) is 0 Å². The summed E-state index contributed by atoms with van der Waals surface area (Å²) >= 11 is 0. The number of piperazine rings is 1. The molecule has 8 heteroatoms. The van der Waals surface area contributed by atoms with Crippen LogP contribution in [-0.4, -0.2) is 62.5 Å². The maximum Gasteiger partial charge on any atom is 0.254 e. The molecule has 1 saturated heterocycles. The van der Waals surface area contributed by atoms with Gasteiger partial charge in [-0.1, -0.05) is 0 Å². The minimum absolute atomic E-state index is 0.126. The number of fused-ring (bicyclic) bond motifs is 1. The lowest BCUT2D eigenvalue weighted by Gasteiger charge is -2.47. The Morgan fingerprint density at radius 1 is 1.09 bits per heavy atom. The van der Waals surface area contributed by atoms with Gasteiger partial charge in [0.1, 0.15) is 16.9 Å². The second-order valence-corrected chi connectivity index (χ2v) is 9.24. The van der Waals surface area contributed by atoms with Gasteiger partial charge in [0.05, 0.1) is 5.54 Å². The topological polar surface area (TPSA) is 86.9 Å². The molecule has 1 aliphatic carbocycles. The van der Waals surface area contributed by atoms with E-state index in [2.05, 4.69) is 4.98 Å². The third-order valence-corrected chi connectivity index (χ3v) is 6.29. The first-order valence-electron chi connectivity index (χ1n) is 10.7. The fourth-order valence-electron chi connectivity index (χ4n) is 4.26. The molecule has 2 aliphatic rings. The van der Waals surface area contributed by atoms with Gasteiger partial charge in [-0.05, 0) is 63.1 Å². The van der Waals surface area contributed by atoms with Gasteiger partial charge in [0.25, 0.3) is 11.8 Å². The highest BCUT2D eigenvalue weighted by Crippen LogP contribution is 2.38. The molecule has 0 atom stereocenters. The van der Waals surface area contributed by atoms with Crippen LogP contribution in [0.4, 0.5) is 4.39 Å². The number of aliphatic hydroxyl groups is 1. The van der Waals surface area contributed by atoms with E-state index in [-0.39, 0.29) is 11.8 Å². The van der Waals surface area contributed by atoms with E-state index in [1.165, 1.54) is 12.1 Å². The van der Waals surface area contributed by atoms with Gasteiger partial charge in [0.15, 0.2) is 5.58 Å². The summed E-state index contributed by atoms with van der Waals surface area (Å²) in [5, 5.41) is 10.1. The number of amides is 2. The molecule has 0 spiro atoms. The Hall–Kier alpha value is -3.26. The van der Waals surface area contributed by atoms with E-state index >= 15 is 0 Å². The van der Waals surface area contributed by atoms with Gasteiger partial charge in [-0.25, -0.2) is 9.37 Å². The van der Waals surface area contributed by atoms with Crippen molar-refractivity contribution in [1.82, 2.24) is 14.8 Å². The van der Waals surface area contributed by atoms with Crippen molar-refractivity contribution in [3.8, 4) is 11.5 Å². The Morgan fingerprint density at radius 3 is 2.47 bits per heavy atom. The number of carbonyl (C=O) groups excluding carboxylic acids is 2. The number of hydrogen-bond donors (Lipinski definition) is 1. The Morgan fingerprint density at radius 2 is 1.81 bits per heavy atom. The lowest BCUT2D eigenvalue weighted by Crippen LogP contribution is -2.63. The molecule has 1 aliphatic heterocycles. The summed E-state index contributed by atoms with van der Waals surface area (Å²) in [5.74, 6) is -0.398. The van der Waals surface area contributed by atoms with Crippen LogP contribution in [0.1, 0.15) is 37.0 Å². The Labute approximate surface area is 184 Å². The summed E-state index contributed by atoms with van der Waals surface area (Å²) in [5.41, 5.74) is 0.361. The number of aromatic nitrogens is 1. The number of halogens is 1. The van der Waals surface area contributed by atoms with Gasteiger partial charge >= 0.3 is 0 Å². The summed E-state index contributed by atoms with van der Waals surface area (Å²) in [4.78, 5) is 33.5. The number of benzene rings is 2. The third kappa shape index (κ3) is 3.54. The first-order valence-corrected chi connectivity index (χ1v) is 10.7. The van der Waals surface area contributed by atoms with Crippen LogP contribution in [0.3, 0.4) is 0 Å². The second kappa shape index (κ2) is 7.13. The minimum atomic E-state index is -1.20. The maximum absolute atomic E-state index is 13.4. The Bertz CT molecular complexity index is 1210. The maximum atomic E-state index is 13.4. The molecular formula is C24H24FN3O4. The molecule has 2 fully saturated rings. The lowest BCUT2D eigenvalue weighted by molar-refractivity contribution is -0.146. The largest absolute Gasteiger partial charge is 0.436 e. The van der Waals surface area contributed by atoms with E-state index in [9.17, 15) is 19.1 Å². The molecule has 3 aromatic rings. The summed E-state index contributed by atoms with van der Waals surface area (Å²) in [6.45, 7) is 5.01. The predicted octanol–water partition coefficient (Wildman–Crippen LogP) is 3.22. The average Bonchev–Trinajstić information content (AvgIpc) is 3.37. The van der Waals surface area contributed by atoms with E-state index < -0.39 is 17.0 Å². The molecule has 166 valence electrons. The molecule has 0 radical (unpaired) electrons. The summed E-state index contributed by atoms with van der Waals surface area (Å²) in [7, 11) is 0. The monoisotopic (exact) mass is 437 g/mol. The fraction of sp³-hybridized carbons (Fsp3) is 0.375. The van der Waals surface area contributed by atoms with Crippen LogP contribution in [0.2, 0.25) is 0 Å². The van der Waals surface area contributed by atoms with E-state index in [0.717, 1.165) is 0 Å². The van der Waals surface area contributed by atoms with Crippen LogP contribution in [0.25, 0.3) is 22.6 Å². The predicted molar refractivity (Wildman–Crippen MR) is 115 cm³/mol. The standard InChI is InChI=1S/C24H24FN3O4/c1-23(2)14-27(22(30)24(31)9-10-24)11-12-28(23)21(29)16-5-3-15(4-6-16)20-26-18-8-7-17(25)13-19(18)32-20/h3-8,13,31H,9-12,14H2,1-2H3. The number of carbonyl (C=O) groups is 2. The highest BCUT2D eigenvalue weighted by Gasteiger charge is 2.52. The number of hydrogen-bond acceptors (Lipinski definition) is 5. The van der Waals surface area contributed by atoms with Gasteiger partial charge < -0.3 is 19.3 Å². The van der Waals surface area contributed by atoms with Gasteiger partial charge in [-0.2, -0.15) is 0 Å². The van der Waals surface area contributed by atoms with Gasteiger partial charge in [0, 0.05) is 36.8 Å². The second-order valence-electron chi connectivity index (χ2n) is 9.24. The molecule has 0 bridgehead atoms. The van der Waals surface area contributed by atoms with E-state index in [1.807, 2.05) is 13.8 Å². The van der Waals surface area contributed by atoms with Crippen LogP contribution in [0.15, 0.2) is 46.9 Å². The van der Waals surface area contributed by atoms with Crippen molar-refractivity contribution >= 4 is 22.9 Å².